The van der Waals surface area contributed by atoms with Crippen LogP contribution in [0, 0.1) is 0 Å². The molecular weight excluding hydrogens is 434 g/mol. The number of hydrogen-bond acceptors (Lipinski definition) is 7. The number of pyridine rings is 1. The molecule has 0 aromatic carbocycles. The first-order valence-corrected chi connectivity index (χ1v) is 13.3. The fourth-order valence-corrected chi connectivity index (χ4v) is 5.92. The van der Waals surface area contributed by atoms with Crippen molar-refractivity contribution in [2.75, 3.05) is 38.1 Å². The Bertz CT molecular complexity index is 896. The van der Waals surface area contributed by atoms with Crippen LogP contribution in [-0.2, 0) is 11.2 Å². The molecule has 1 unspecified atom stereocenters. The Hall–Kier alpha value is -2.03. The molecule has 2 fully saturated rings. The minimum absolute atomic E-state index is 0.0107. The molecule has 0 aliphatic carbocycles. The van der Waals surface area contributed by atoms with Crippen molar-refractivity contribution in [3.8, 4) is 0 Å². The zero-order chi connectivity index (χ0) is 23.0. The van der Waals surface area contributed by atoms with E-state index in [0.717, 1.165) is 94.2 Å². The molecule has 0 bridgehead atoms. The van der Waals surface area contributed by atoms with Crippen LogP contribution in [0.25, 0.3) is 0 Å². The normalized spacial score (nSPS) is 20.2. The van der Waals surface area contributed by atoms with E-state index in [4.69, 9.17) is 4.98 Å². The fraction of sp³-hybridized carbons (Fsp3) is 0.640. The zero-order valence-corrected chi connectivity index (χ0v) is 20.5. The van der Waals surface area contributed by atoms with Crippen LogP contribution in [0.3, 0.4) is 0 Å². The maximum atomic E-state index is 13.3. The number of rotatable bonds is 9. The lowest BCUT2D eigenvalue weighted by Crippen LogP contribution is -2.52. The molecule has 1 amide bonds. The Morgan fingerprint density at radius 2 is 2.06 bits per heavy atom. The van der Waals surface area contributed by atoms with Gasteiger partial charge in [-0.15, -0.1) is 11.3 Å². The van der Waals surface area contributed by atoms with Gasteiger partial charge in [-0.1, -0.05) is 25.8 Å². The van der Waals surface area contributed by atoms with Crippen LogP contribution in [0.1, 0.15) is 68.4 Å². The van der Waals surface area contributed by atoms with E-state index in [0.29, 0.717) is 5.92 Å². The zero-order valence-electron chi connectivity index (χ0n) is 19.7. The number of nitrogens with zero attached hydrogens (tertiary/aromatic N) is 4. The van der Waals surface area contributed by atoms with E-state index in [1.54, 1.807) is 11.3 Å². The van der Waals surface area contributed by atoms with Gasteiger partial charge < -0.3 is 15.3 Å². The number of carbonyl (C=O) groups excluding carboxylic acids is 1. The van der Waals surface area contributed by atoms with Crippen molar-refractivity contribution in [3.63, 3.8) is 0 Å². The van der Waals surface area contributed by atoms with Crippen LogP contribution in [0.5, 0.6) is 0 Å². The molecule has 0 spiro atoms. The van der Waals surface area contributed by atoms with Crippen LogP contribution < -0.4 is 5.32 Å². The molecule has 8 heteroatoms. The van der Waals surface area contributed by atoms with E-state index in [2.05, 4.69) is 39.2 Å². The Labute approximate surface area is 201 Å². The van der Waals surface area contributed by atoms with Crippen LogP contribution in [0.4, 0.5) is 10.9 Å². The maximum Gasteiger partial charge on any atom is 0.239 e. The number of nitrogens with one attached hydrogen (secondary N) is 1. The number of likely N-dealkylation sites (tertiary alicyclic amines) is 2. The number of hydrogen-bond donors (Lipinski definition) is 2. The van der Waals surface area contributed by atoms with Gasteiger partial charge in [-0.3, -0.25) is 9.69 Å². The molecule has 7 nitrogen and oxygen atoms in total. The summed E-state index contributed by atoms with van der Waals surface area (Å²) >= 11 is 1.69. The van der Waals surface area contributed by atoms with Gasteiger partial charge >= 0.3 is 0 Å². The largest absolute Gasteiger partial charge is 0.396 e. The molecule has 2 aromatic rings. The summed E-state index contributed by atoms with van der Waals surface area (Å²) in [5.74, 6) is 1.49. The first-order valence-electron chi connectivity index (χ1n) is 12.5. The van der Waals surface area contributed by atoms with E-state index < -0.39 is 0 Å². The van der Waals surface area contributed by atoms with Gasteiger partial charge in [0.2, 0.25) is 5.91 Å². The highest BCUT2D eigenvalue weighted by Gasteiger charge is 2.33. The first kappa shape index (κ1) is 24.1. The smallest absolute Gasteiger partial charge is 0.239 e. The van der Waals surface area contributed by atoms with Gasteiger partial charge in [0.1, 0.15) is 5.82 Å². The molecule has 2 aromatic heterocycles. The summed E-state index contributed by atoms with van der Waals surface area (Å²) in [6, 6.07) is 6.15. The predicted octanol–water partition coefficient (Wildman–Crippen LogP) is 4.18. The van der Waals surface area contributed by atoms with Crippen LogP contribution in [-0.4, -0.2) is 69.6 Å². The van der Waals surface area contributed by atoms with Gasteiger partial charge in [0.05, 0.1) is 6.04 Å². The number of aryl methyl sites for hydroxylation is 1. The highest BCUT2D eigenvalue weighted by Crippen LogP contribution is 2.30. The lowest BCUT2D eigenvalue weighted by atomic mass is 9.92. The molecule has 0 radical (unpaired) electrons. The van der Waals surface area contributed by atoms with Crippen molar-refractivity contribution in [1.29, 1.82) is 0 Å². The molecule has 4 rings (SSSR count). The number of aromatic nitrogens is 2. The Kier molecular flexibility index (Phi) is 8.69. The van der Waals surface area contributed by atoms with Crippen LogP contribution in [0.2, 0.25) is 0 Å². The number of carbonyl (C=O) groups is 1. The number of piperidine rings is 2. The Morgan fingerprint density at radius 1 is 1.21 bits per heavy atom. The Balaban J connectivity index is 1.32. The minimum Gasteiger partial charge on any atom is -0.396 e. The van der Waals surface area contributed by atoms with Gasteiger partial charge in [0, 0.05) is 48.9 Å². The summed E-state index contributed by atoms with van der Waals surface area (Å²) in [4.78, 5) is 28.3. The maximum absolute atomic E-state index is 13.3. The standard InChI is InChI=1S/C25H37N5O2S/c1-2-7-20-18-26-25(33-20)28-23-10-5-8-21(27-23)19-11-15-30(16-12-19)24(32)22-9-3-4-13-29(22)14-6-17-31/h5,8,10,18-19,22,31H,2-4,6-7,9,11-17H2,1H3,(H,26,27,28). The topological polar surface area (TPSA) is 81.6 Å². The molecule has 33 heavy (non-hydrogen) atoms. The number of aliphatic hydroxyl groups is 1. The van der Waals surface area contributed by atoms with Gasteiger partial charge in [0.25, 0.3) is 0 Å². The van der Waals surface area contributed by atoms with Crippen LogP contribution >= 0.6 is 11.3 Å². The number of thiazole rings is 1. The van der Waals surface area contributed by atoms with Crippen molar-refractivity contribution in [3.05, 3.63) is 35.0 Å². The summed E-state index contributed by atoms with van der Waals surface area (Å²) in [7, 11) is 0. The Morgan fingerprint density at radius 3 is 2.85 bits per heavy atom. The molecule has 180 valence electrons. The second-order valence-electron chi connectivity index (χ2n) is 9.18. The summed E-state index contributed by atoms with van der Waals surface area (Å²) in [5, 5.41) is 13.5. The number of anilines is 2. The lowest BCUT2D eigenvalue weighted by molar-refractivity contribution is -0.139. The summed E-state index contributed by atoms with van der Waals surface area (Å²) in [6.07, 6.45) is 9.97. The quantitative estimate of drug-likeness (QED) is 0.571. The highest BCUT2D eigenvalue weighted by atomic mass is 32.1. The number of amides is 1. The van der Waals surface area contributed by atoms with E-state index in [9.17, 15) is 9.90 Å². The molecular formula is C25H37N5O2S. The molecule has 2 saturated heterocycles. The average molecular weight is 472 g/mol. The third-order valence-corrected chi connectivity index (χ3v) is 7.76. The highest BCUT2D eigenvalue weighted by molar-refractivity contribution is 7.15. The predicted molar refractivity (Wildman–Crippen MR) is 133 cm³/mol. The van der Waals surface area contributed by atoms with E-state index >= 15 is 0 Å². The minimum atomic E-state index is -0.0107. The van der Waals surface area contributed by atoms with Gasteiger partial charge in [-0.2, -0.15) is 0 Å². The molecule has 4 heterocycles. The average Bonchev–Trinajstić information content (AvgIpc) is 3.29. The number of aliphatic hydroxyl groups excluding tert-OH is 1. The molecule has 1 atom stereocenters. The van der Waals surface area contributed by atoms with Gasteiger partial charge in [0.15, 0.2) is 5.13 Å². The summed E-state index contributed by atoms with van der Waals surface area (Å²) < 4.78 is 0. The molecule has 2 aliphatic rings. The van der Waals surface area contributed by atoms with Crippen molar-refractivity contribution in [1.82, 2.24) is 19.8 Å². The monoisotopic (exact) mass is 471 g/mol. The first-order chi connectivity index (χ1) is 16.2. The second kappa shape index (κ2) is 11.9. The van der Waals surface area contributed by atoms with Crippen molar-refractivity contribution >= 4 is 28.2 Å². The molecule has 0 saturated carbocycles. The second-order valence-corrected chi connectivity index (χ2v) is 10.3. The molecule has 2 N–H and O–H groups in total. The molecule has 2 aliphatic heterocycles. The van der Waals surface area contributed by atoms with Gasteiger partial charge in [-0.25, -0.2) is 9.97 Å². The van der Waals surface area contributed by atoms with Crippen LogP contribution in [0.15, 0.2) is 24.4 Å². The van der Waals surface area contributed by atoms with Crippen molar-refractivity contribution < 1.29 is 9.90 Å². The van der Waals surface area contributed by atoms with Crippen molar-refractivity contribution in [2.45, 2.75) is 70.3 Å². The van der Waals surface area contributed by atoms with E-state index in [1.165, 1.54) is 4.88 Å². The SMILES string of the molecule is CCCc1cnc(Nc2cccc(C3CCN(C(=O)C4CCCCN4CCCO)CC3)n2)s1. The summed E-state index contributed by atoms with van der Waals surface area (Å²) in [5.41, 5.74) is 1.10. The summed E-state index contributed by atoms with van der Waals surface area (Å²) in [6.45, 7) is 5.73. The van der Waals surface area contributed by atoms with Crippen molar-refractivity contribution in [2.24, 2.45) is 0 Å². The van der Waals surface area contributed by atoms with E-state index in [-0.39, 0.29) is 18.6 Å². The van der Waals surface area contributed by atoms with E-state index in [1.807, 2.05) is 12.3 Å². The van der Waals surface area contributed by atoms with Gasteiger partial charge in [-0.05, 0) is 57.2 Å². The third-order valence-electron chi connectivity index (χ3n) is 6.78. The fourth-order valence-electron chi connectivity index (χ4n) is 5.00. The lowest BCUT2D eigenvalue weighted by Gasteiger charge is -2.40. The third kappa shape index (κ3) is 6.31.